The fourth-order valence-electron chi connectivity index (χ4n) is 2.27. The molecule has 4 aromatic rings. The summed E-state index contributed by atoms with van der Waals surface area (Å²) >= 11 is 0. The zero-order chi connectivity index (χ0) is 18.5. The Hall–Kier alpha value is -2.57. The van der Waals surface area contributed by atoms with Gasteiger partial charge in [0.2, 0.25) is 0 Å². The topological polar surface area (TPSA) is 31.6 Å². The first-order chi connectivity index (χ1) is 12.6. The van der Waals surface area contributed by atoms with Gasteiger partial charge in [-0.3, -0.25) is 8.78 Å². The largest absolute Gasteiger partial charge is 2.00 e. The van der Waals surface area contributed by atoms with E-state index in [-0.39, 0.29) is 32.8 Å². The molecule has 0 aliphatic rings. The molecule has 0 radical (unpaired) electrons. The number of hydrogen-bond acceptors (Lipinski definition) is 0. The molecule has 0 bridgehead atoms. The number of aromatic nitrogens is 2. The smallest absolute Gasteiger partial charge is 0.401 e. The molecule has 2 aromatic carbocycles. The van der Waals surface area contributed by atoms with Gasteiger partial charge in [0.05, 0.1) is 23.3 Å². The van der Waals surface area contributed by atoms with Gasteiger partial charge in [0.1, 0.15) is 0 Å². The molecular weight excluding hydrogens is 392 g/mol. The second-order valence-corrected chi connectivity index (χ2v) is 5.20. The maximum Gasteiger partial charge on any atom is 2.00 e. The first kappa shape index (κ1) is 20.7. The van der Waals surface area contributed by atoms with E-state index in [1.54, 1.807) is 36.7 Å². The van der Waals surface area contributed by atoms with E-state index in [9.17, 15) is 17.6 Å². The van der Waals surface area contributed by atoms with Crippen molar-refractivity contribution in [2.45, 2.75) is 0 Å². The van der Waals surface area contributed by atoms with Crippen LogP contribution in [-0.2, 0) is 21.7 Å². The van der Waals surface area contributed by atoms with Crippen molar-refractivity contribution in [3.63, 3.8) is 0 Å². The van der Waals surface area contributed by atoms with Crippen molar-refractivity contribution in [1.29, 1.82) is 0 Å². The number of rotatable bonds is 2. The SMILES string of the molecule is Fc1cc[c-]c(-c2ccc[nH]2)c1F.Fc1cc[c-]c(-c2ccc[nH]2)c1F.[Ti+2]. The van der Waals surface area contributed by atoms with Crippen molar-refractivity contribution in [2.24, 2.45) is 0 Å². The van der Waals surface area contributed by atoms with Crippen molar-refractivity contribution in [3.05, 3.63) is 96.3 Å². The van der Waals surface area contributed by atoms with Crippen molar-refractivity contribution in [3.8, 4) is 22.5 Å². The van der Waals surface area contributed by atoms with Crippen LogP contribution < -0.4 is 0 Å². The third-order valence-corrected chi connectivity index (χ3v) is 3.51. The van der Waals surface area contributed by atoms with E-state index in [0.29, 0.717) is 11.4 Å². The predicted molar refractivity (Wildman–Crippen MR) is 90.0 cm³/mol. The number of H-pyrrole nitrogens is 2. The minimum absolute atomic E-state index is 0. The molecular formula is C20H12F4N2Ti. The minimum atomic E-state index is -0.870. The van der Waals surface area contributed by atoms with Crippen LogP contribution in [0.5, 0.6) is 0 Å². The van der Waals surface area contributed by atoms with Crippen LogP contribution in [0.3, 0.4) is 0 Å². The van der Waals surface area contributed by atoms with Gasteiger partial charge in [0, 0.05) is 0 Å². The molecule has 0 saturated carbocycles. The molecule has 134 valence electrons. The summed E-state index contributed by atoms with van der Waals surface area (Å²) in [4.78, 5) is 5.57. The standard InChI is InChI=1S/2C10H6F2N.Ti/c2*11-8-4-1-3-7(10(8)12)9-5-2-6-13-9;/h2*1-2,4-6,13H;/q2*-1;+2. The summed E-state index contributed by atoms with van der Waals surface area (Å²) < 4.78 is 51.8. The van der Waals surface area contributed by atoms with Gasteiger partial charge >= 0.3 is 21.7 Å². The molecule has 0 spiro atoms. The molecule has 2 aromatic heterocycles. The summed E-state index contributed by atoms with van der Waals surface area (Å²) in [6.07, 6.45) is 3.29. The van der Waals surface area contributed by atoms with Crippen LogP contribution in [0, 0.1) is 35.4 Å². The van der Waals surface area contributed by atoms with E-state index < -0.39 is 23.3 Å². The van der Waals surface area contributed by atoms with Crippen molar-refractivity contribution < 1.29 is 39.3 Å². The second-order valence-electron chi connectivity index (χ2n) is 5.20. The molecule has 27 heavy (non-hydrogen) atoms. The van der Waals surface area contributed by atoms with Gasteiger partial charge in [-0.1, -0.05) is 35.4 Å². The maximum atomic E-state index is 13.1. The number of benzene rings is 2. The first-order valence-electron chi connectivity index (χ1n) is 7.57. The Labute approximate surface area is 168 Å². The minimum Gasteiger partial charge on any atom is -0.401 e. The Morgan fingerprint density at radius 1 is 0.630 bits per heavy atom. The third kappa shape index (κ3) is 4.79. The Bertz CT molecular complexity index is 902. The van der Waals surface area contributed by atoms with Crippen molar-refractivity contribution >= 4 is 0 Å². The van der Waals surface area contributed by atoms with E-state index >= 15 is 0 Å². The van der Waals surface area contributed by atoms with Crippen LogP contribution in [0.25, 0.3) is 22.5 Å². The van der Waals surface area contributed by atoms with Crippen LogP contribution in [0.1, 0.15) is 0 Å². The molecule has 7 heteroatoms. The van der Waals surface area contributed by atoms with Crippen LogP contribution in [0.4, 0.5) is 17.6 Å². The summed E-state index contributed by atoms with van der Waals surface area (Å²) in [5, 5.41) is 0. The number of hydrogen-bond donors (Lipinski definition) is 2. The molecule has 2 heterocycles. The fraction of sp³-hybridized carbons (Fsp3) is 0. The molecule has 0 saturated heterocycles. The van der Waals surface area contributed by atoms with E-state index in [0.717, 1.165) is 12.1 Å². The number of aromatic amines is 2. The van der Waals surface area contributed by atoms with Crippen LogP contribution in [-0.4, -0.2) is 9.97 Å². The fourth-order valence-corrected chi connectivity index (χ4v) is 2.27. The van der Waals surface area contributed by atoms with Gasteiger partial charge in [0.25, 0.3) is 0 Å². The molecule has 0 unspecified atom stereocenters. The second kappa shape index (κ2) is 9.39. The summed E-state index contributed by atoms with van der Waals surface area (Å²) in [5.41, 5.74) is 1.31. The Morgan fingerprint density at radius 3 is 1.37 bits per heavy atom. The Balaban J connectivity index is 0.000000187. The summed E-state index contributed by atoms with van der Waals surface area (Å²) in [7, 11) is 0. The van der Waals surface area contributed by atoms with Crippen LogP contribution >= 0.6 is 0 Å². The van der Waals surface area contributed by atoms with E-state index in [1.807, 2.05) is 0 Å². The third-order valence-electron chi connectivity index (χ3n) is 3.51. The maximum absolute atomic E-state index is 13.1. The zero-order valence-electron chi connectivity index (χ0n) is 13.8. The van der Waals surface area contributed by atoms with E-state index in [1.165, 1.54) is 12.1 Å². The van der Waals surface area contributed by atoms with Gasteiger partial charge in [-0.25, -0.2) is 8.78 Å². The zero-order valence-corrected chi connectivity index (χ0v) is 15.3. The van der Waals surface area contributed by atoms with E-state index in [2.05, 4.69) is 22.1 Å². The van der Waals surface area contributed by atoms with Crippen LogP contribution in [0.2, 0.25) is 0 Å². The van der Waals surface area contributed by atoms with Gasteiger partial charge in [-0.05, 0) is 23.8 Å². The molecule has 0 aliphatic carbocycles. The first-order valence-corrected chi connectivity index (χ1v) is 7.57. The van der Waals surface area contributed by atoms with Gasteiger partial charge in [0.15, 0.2) is 0 Å². The molecule has 4 rings (SSSR count). The molecule has 0 amide bonds. The Kier molecular flexibility index (Phi) is 7.22. The molecule has 0 atom stereocenters. The van der Waals surface area contributed by atoms with Gasteiger partial charge < -0.3 is 9.97 Å². The summed E-state index contributed by atoms with van der Waals surface area (Å²) in [6, 6.07) is 16.8. The van der Waals surface area contributed by atoms with E-state index in [4.69, 9.17) is 0 Å². The average molecular weight is 404 g/mol. The monoisotopic (exact) mass is 404 g/mol. The summed E-state index contributed by atoms with van der Waals surface area (Å²) in [6.45, 7) is 0. The van der Waals surface area contributed by atoms with Crippen molar-refractivity contribution in [2.75, 3.05) is 0 Å². The molecule has 2 nitrogen and oxygen atoms in total. The predicted octanol–water partition coefficient (Wildman–Crippen LogP) is 5.52. The normalized spacial score (nSPS) is 9.93. The molecule has 0 fully saturated rings. The number of nitrogens with one attached hydrogen (secondary N) is 2. The number of halogens is 4. The molecule has 2 N–H and O–H groups in total. The quantitative estimate of drug-likeness (QED) is 0.251. The molecule has 0 aliphatic heterocycles. The Morgan fingerprint density at radius 2 is 1.04 bits per heavy atom. The summed E-state index contributed by atoms with van der Waals surface area (Å²) in [5.74, 6) is -3.46. The van der Waals surface area contributed by atoms with Crippen LogP contribution in [0.15, 0.2) is 60.9 Å². The van der Waals surface area contributed by atoms with Gasteiger partial charge in [-0.2, -0.15) is 0 Å². The van der Waals surface area contributed by atoms with Gasteiger partial charge in [-0.15, -0.1) is 36.4 Å². The van der Waals surface area contributed by atoms with Crippen molar-refractivity contribution in [1.82, 2.24) is 9.97 Å². The average Bonchev–Trinajstić information content (AvgIpc) is 3.34.